The fraction of sp³-hybridized carbons (Fsp3) is 0.143. The van der Waals surface area contributed by atoms with Crippen molar-refractivity contribution >= 4 is 31.9 Å². The lowest BCUT2D eigenvalue weighted by Crippen LogP contribution is -2.06. The van der Waals surface area contributed by atoms with Crippen molar-refractivity contribution in [1.29, 1.82) is 0 Å². The van der Waals surface area contributed by atoms with Gasteiger partial charge in [0.15, 0.2) is 0 Å². The van der Waals surface area contributed by atoms with Crippen LogP contribution >= 0.6 is 31.9 Å². The number of hydrogen-bond acceptors (Lipinski definition) is 1. The maximum Gasteiger partial charge on any atom is 0.419 e. The fourth-order valence-electron chi connectivity index (χ4n) is 1.62. The lowest BCUT2D eigenvalue weighted by atomic mass is 10.2. The first-order valence-electron chi connectivity index (χ1n) is 5.60. The van der Waals surface area contributed by atoms with Crippen molar-refractivity contribution in [3.05, 3.63) is 58.1 Å². The molecule has 0 atom stereocenters. The van der Waals surface area contributed by atoms with Gasteiger partial charge in [-0.1, -0.05) is 50.1 Å². The molecule has 0 bridgehead atoms. The Balaban J connectivity index is 2.33. The number of rotatable bonds is 3. The molecule has 0 aromatic heterocycles. The Labute approximate surface area is 131 Å². The summed E-state index contributed by atoms with van der Waals surface area (Å²) >= 11 is 6.66. The zero-order valence-corrected chi connectivity index (χ0v) is 13.2. The van der Waals surface area contributed by atoms with E-state index in [1.165, 1.54) is 18.2 Å². The van der Waals surface area contributed by atoms with E-state index < -0.39 is 11.7 Å². The van der Waals surface area contributed by atoms with E-state index in [0.717, 1.165) is 16.1 Å². The Bertz CT molecular complexity index is 612. The highest BCUT2D eigenvalue weighted by atomic mass is 79.9. The molecule has 0 unspecified atom stereocenters. The number of alkyl halides is 4. The first-order chi connectivity index (χ1) is 9.41. The Morgan fingerprint density at radius 1 is 1.05 bits per heavy atom. The third kappa shape index (κ3) is 3.55. The molecule has 2 aromatic rings. The van der Waals surface area contributed by atoms with Crippen LogP contribution in [-0.2, 0) is 11.5 Å². The SMILES string of the molecule is FC(F)(F)c1ccccc1Oc1ccc(CBr)c(Br)c1. The molecule has 0 N–H and O–H groups in total. The lowest BCUT2D eigenvalue weighted by Gasteiger charge is -2.14. The van der Waals surface area contributed by atoms with Crippen LogP contribution in [0.5, 0.6) is 11.5 Å². The van der Waals surface area contributed by atoms with Crippen molar-refractivity contribution in [2.24, 2.45) is 0 Å². The lowest BCUT2D eigenvalue weighted by molar-refractivity contribution is -0.138. The van der Waals surface area contributed by atoms with Gasteiger partial charge in [0.1, 0.15) is 11.5 Å². The van der Waals surface area contributed by atoms with E-state index in [1.807, 2.05) is 0 Å². The predicted molar refractivity (Wildman–Crippen MR) is 78.3 cm³/mol. The van der Waals surface area contributed by atoms with Crippen LogP contribution in [0.25, 0.3) is 0 Å². The van der Waals surface area contributed by atoms with Crippen LogP contribution in [0.4, 0.5) is 13.2 Å². The molecule has 6 heteroatoms. The van der Waals surface area contributed by atoms with Crippen molar-refractivity contribution < 1.29 is 17.9 Å². The van der Waals surface area contributed by atoms with Crippen LogP contribution in [0.15, 0.2) is 46.9 Å². The monoisotopic (exact) mass is 408 g/mol. The van der Waals surface area contributed by atoms with E-state index in [-0.39, 0.29) is 5.75 Å². The second-order valence-corrected chi connectivity index (χ2v) is 5.40. The molecule has 0 saturated carbocycles. The second kappa shape index (κ2) is 6.18. The first kappa shape index (κ1) is 15.4. The number of ether oxygens (including phenoxy) is 1. The van der Waals surface area contributed by atoms with Crippen molar-refractivity contribution in [3.8, 4) is 11.5 Å². The number of halogens is 5. The average molecular weight is 410 g/mol. The summed E-state index contributed by atoms with van der Waals surface area (Å²) in [4.78, 5) is 0. The van der Waals surface area contributed by atoms with E-state index in [1.54, 1.807) is 18.2 Å². The normalized spacial score (nSPS) is 11.4. The first-order valence-corrected chi connectivity index (χ1v) is 7.51. The van der Waals surface area contributed by atoms with Gasteiger partial charge in [0.2, 0.25) is 0 Å². The van der Waals surface area contributed by atoms with Gasteiger partial charge in [-0.05, 0) is 29.8 Å². The Morgan fingerprint density at radius 2 is 1.75 bits per heavy atom. The summed E-state index contributed by atoms with van der Waals surface area (Å²) in [6.07, 6.45) is -4.44. The summed E-state index contributed by atoms with van der Waals surface area (Å²) in [5, 5.41) is 0.646. The number of benzene rings is 2. The maximum atomic E-state index is 12.9. The smallest absolute Gasteiger partial charge is 0.419 e. The van der Waals surface area contributed by atoms with Gasteiger partial charge in [-0.25, -0.2) is 0 Å². The third-order valence-corrected chi connectivity index (χ3v) is 3.93. The van der Waals surface area contributed by atoms with Gasteiger partial charge >= 0.3 is 6.18 Å². The van der Waals surface area contributed by atoms with Gasteiger partial charge in [0.05, 0.1) is 5.56 Å². The molecule has 106 valence electrons. The largest absolute Gasteiger partial charge is 0.457 e. The molecular formula is C14H9Br2F3O. The number of hydrogen-bond donors (Lipinski definition) is 0. The quantitative estimate of drug-likeness (QED) is 0.552. The van der Waals surface area contributed by atoms with Crippen LogP contribution in [0.1, 0.15) is 11.1 Å². The summed E-state index contributed by atoms with van der Waals surface area (Å²) in [5.41, 5.74) is 0.196. The van der Waals surface area contributed by atoms with Crippen LogP contribution in [0.2, 0.25) is 0 Å². The molecule has 0 fully saturated rings. The summed E-state index contributed by atoms with van der Waals surface area (Å²) in [6, 6.07) is 10.2. The predicted octanol–water partition coefficient (Wildman–Crippen LogP) is 6.16. The van der Waals surface area contributed by atoms with E-state index in [0.29, 0.717) is 11.1 Å². The highest BCUT2D eigenvalue weighted by Crippen LogP contribution is 2.38. The molecule has 2 rings (SSSR count). The molecule has 0 amide bonds. The molecule has 1 nitrogen and oxygen atoms in total. The highest BCUT2D eigenvalue weighted by molar-refractivity contribution is 9.10. The molecule has 0 aliphatic carbocycles. The molecule has 0 spiro atoms. The molecule has 0 heterocycles. The van der Waals surface area contributed by atoms with Crippen molar-refractivity contribution in [3.63, 3.8) is 0 Å². The standard InChI is InChI=1S/C14H9Br2F3O/c15-8-9-5-6-10(7-12(9)16)20-13-4-2-1-3-11(13)14(17,18)19/h1-7H,8H2. The molecule has 0 saturated heterocycles. The third-order valence-electron chi connectivity index (χ3n) is 2.59. The van der Waals surface area contributed by atoms with Crippen molar-refractivity contribution in [2.75, 3.05) is 0 Å². The molecule has 0 aliphatic heterocycles. The van der Waals surface area contributed by atoms with Gasteiger partial charge in [0, 0.05) is 9.80 Å². The summed E-state index contributed by atoms with van der Waals surface area (Å²) < 4.78 is 44.7. The Hall–Kier alpha value is -1.01. The topological polar surface area (TPSA) is 9.23 Å². The van der Waals surface area contributed by atoms with Crippen molar-refractivity contribution in [1.82, 2.24) is 0 Å². The highest BCUT2D eigenvalue weighted by Gasteiger charge is 2.34. The van der Waals surface area contributed by atoms with Crippen LogP contribution < -0.4 is 4.74 Å². The second-order valence-electron chi connectivity index (χ2n) is 3.98. The molecular weight excluding hydrogens is 401 g/mol. The minimum atomic E-state index is -4.44. The van der Waals surface area contributed by atoms with Gasteiger partial charge in [-0.3, -0.25) is 0 Å². The molecule has 20 heavy (non-hydrogen) atoms. The zero-order chi connectivity index (χ0) is 14.8. The van der Waals surface area contributed by atoms with E-state index in [4.69, 9.17) is 4.74 Å². The summed E-state index contributed by atoms with van der Waals surface area (Å²) in [5.74, 6) is 0.136. The van der Waals surface area contributed by atoms with Gasteiger partial charge in [-0.15, -0.1) is 0 Å². The Morgan fingerprint density at radius 3 is 2.35 bits per heavy atom. The summed E-state index contributed by atoms with van der Waals surface area (Å²) in [6.45, 7) is 0. The van der Waals surface area contributed by atoms with Crippen LogP contribution in [0.3, 0.4) is 0 Å². The van der Waals surface area contributed by atoms with Crippen LogP contribution in [0, 0.1) is 0 Å². The fourth-order valence-corrected chi connectivity index (χ4v) is 2.98. The maximum absolute atomic E-state index is 12.9. The average Bonchev–Trinajstić information content (AvgIpc) is 2.38. The van der Waals surface area contributed by atoms with Crippen molar-refractivity contribution in [2.45, 2.75) is 11.5 Å². The summed E-state index contributed by atoms with van der Waals surface area (Å²) in [7, 11) is 0. The van der Waals surface area contributed by atoms with Gasteiger partial charge < -0.3 is 4.74 Å². The zero-order valence-electron chi connectivity index (χ0n) is 10.0. The minimum Gasteiger partial charge on any atom is -0.457 e. The van der Waals surface area contributed by atoms with Gasteiger partial charge in [-0.2, -0.15) is 13.2 Å². The van der Waals surface area contributed by atoms with E-state index in [9.17, 15) is 13.2 Å². The molecule has 0 radical (unpaired) electrons. The number of para-hydroxylation sites is 1. The minimum absolute atomic E-state index is 0.210. The molecule has 2 aromatic carbocycles. The van der Waals surface area contributed by atoms with E-state index >= 15 is 0 Å². The Kier molecular flexibility index (Phi) is 4.75. The molecule has 0 aliphatic rings. The van der Waals surface area contributed by atoms with Crippen LogP contribution in [-0.4, -0.2) is 0 Å². The van der Waals surface area contributed by atoms with E-state index in [2.05, 4.69) is 31.9 Å². The van der Waals surface area contributed by atoms with Gasteiger partial charge in [0.25, 0.3) is 0 Å².